The van der Waals surface area contributed by atoms with Crippen LogP contribution in [0.3, 0.4) is 0 Å². The van der Waals surface area contributed by atoms with Gasteiger partial charge in [0.25, 0.3) is 0 Å². The van der Waals surface area contributed by atoms with Gasteiger partial charge in [-0.25, -0.2) is 0 Å². The molecule has 0 aromatic carbocycles. The van der Waals surface area contributed by atoms with Gasteiger partial charge in [0, 0.05) is 5.41 Å². The third kappa shape index (κ3) is 1.11. The van der Waals surface area contributed by atoms with Gasteiger partial charge in [0.2, 0.25) is 0 Å². The predicted octanol–water partition coefficient (Wildman–Crippen LogP) is 4.08. The van der Waals surface area contributed by atoms with Gasteiger partial charge in [0.05, 0.1) is 11.2 Å². The van der Waals surface area contributed by atoms with Crippen LogP contribution < -0.4 is 0 Å². The predicted molar refractivity (Wildman–Crippen MR) is 66.3 cm³/mol. The van der Waals surface area contributed by atoms with Crippen molar-refractivity contribution in [1.82, 2.24) is 0 Å². The van der Waals surface area contributed by atoms with Crippen LogP contribution in [0, 0.1) is 11.3 Å². The average molecular weight is 220 g/mol. The molecule has 1 saturated carbocycles. The summed E-state index contributed by atoms with van der Waals surface area (Å²) >= 11 is 0. The molecule has 1 nitrogen and oxygen atoms in total. The Labute approximate surface area is 99.3 Å². The maximum atomic E-state index is 6.61. The summed E-state index contributed by atoms with van der Waals surface area (Å²) in [6, 6.07) is 0. The van der Waals surface area contributed by atoms with Crippen LogP contribution in [-0.4, -0.2) is 11.2 Å². The van der Waals surface area contributed by atoms with Crippen molar-refractivity contribution in [3.63, 3.8) is 0 Å². The van der Waals surface area contributed by atoms with Crippen LogP contribution in [0.15, 0.2) is 11.6 Å². The number of hydrogen-bond donors (Lipinski definition) is 0. The van der Waals surface area contributed by atoms with E-state index in [2.05, 4.69) is 33.8 Å². The molecule has 0 unspecified atom stereocenters. The van der Waals surface area contributed by atoms with Crippen LogP contribution in [0.2, 0.25) is 0 Å². The molecule has 0 N–H and O–H groups in total. The van der Waals surface area contributed by atoms with Crippen molar-refractivity contribution < 1.29 is 4.74 Å². The summed E-state index contributed by atoms with van der Waals surface area (Å²) in [6.45, 7) is 9.34. The van der Waals surface area contributed by atoms with Crippen LogP contribution in [0.4, 0.5) is 0 Å². The number of allylic oxidation sites excluding steroid dienone is 1. The quantitative estimate of drug-likeness (QED) is 0.559. The molecule has 3 aliphatic rings. The van der Waals surface area contributed by atoms with E-state index in [1.807, 2.05) is 0 Å². The second kappa shape index (κ2) is 2.93. The van der Waals surface area contributed by atoms with Gasteiger partial charge in [0.15, 0.2) is 0 Å². The Bertz CT molecular complexity index is 354. The molecule has 16 heavy (non-hydrogen) atoms. The maximum absolute atomic E-state index is 6.61. The molecule has 2 fully saturated rings. The monoisotopic (exact) mass is 220 g/mol. The highest BCUT2D eigenvalue weighted by Crippen LogP contribution is 2.64. The zero-order chi connectivity index (χ0) is 11.6. The van der Waals surface area contributed by atoms with E-state index in [-0.39, 0.29) is 11.2 Å². The van der Waals surface area contributed by atoms with Crippen molar-refractivity contribution in [3.8, 4) is 0 Å². The van der Waals surface area contributed by atoms with Crippen molar-refractivity contribution in [2.75, 3.05) is 0 Å². The summed E-state index contributed by atoms with van der Waals surface area (Å²) in [7, 11) is 0. The first-order valence-electron chi connectivity index (χ1n) is 6.77. The number of fused-ring (bicyclic) bond motifs is 1. The van der Waals surface area contributed by atoms with E-state index >= 15 is 0 Å². The summed E-state index contributed by atoms with van der Waals surface area (Å²) in [5, 5.41) is 0. The molecule has 3 rings (SSSR count). The van der Waals surface area contributed by atoms with Gasteiger partial charge < -0.3 is 4.74 Å². The highest BCUT2D eigenvalue weighted by atomic mass is 16.5. The Morgan fingerprint density at radius 1 is 1.25 bits per heavy atom. The molecule has 0 amide bonds. The fourth-order valence-corrected chi connectivity index (χ4v) is 4.50. The lowest BCUT2D eigenvalue weighted by molar-refractivity contribution is -0.130. The highest BCUT2D eigenvalue weighted by Gasteiger charge is 2.63. The average Bonchev–Trinajstić information content (AvgIpc) is 2.42. The van der Waals surface area contributed by atoms with E-state index in [0.29, 0.717) is 5.41 Å². The summed E-state index contributed by atoms with van der Waals surface area (Å²) < 4.78 is 6.61. The molecule has 1 spiro atoms. The van der Waals surface area contributed by atoms with Gasteiger partial charge in [0.1, 0.15) is 0 Å². The van der Waals surface area contributed by atoms with Crippen molar-refractivity contribution in [2.24, 2.45) is 11.3 Å². The normalized spacial score (nSPS) is 49.8. The number of hydrogen-bond acceptors (Lipinski definition) is 1. The zero-order valence-electron chi connectivity index (χ0n) is 11.1. The van der Waals surface area contributed by atoms with E-state index < -0.39 is 0 Å². The minimum absolute atomic E-state index is 0.0810. The summed E-state index contributed by atoms with van der Waals surface area (Å²) in [5.41, 5.74) is 2.08. The molecule has 1 saturated heterocycles. The Morgan fingerprint density at radius 2 is 2.00 bits per heavy atom. The SMILES string of the molecule is CC1=CCC[C@@]2(C)CC[C@@H]3C[C@]12OC3(C)C. The molecule has 0 aromatic heterocycles. The van der Waals surface area contributed by atoms with Crippen LogP contribution >= 0.6 is 0 Å². The molecule has 2 bridgehead atoms. The first-order chi connectivity index (χ1) is 7.40. The lowest BCUT2D eigenvalue weighted by Gasteiger charge is -2.51. The Morgan fingerprint density at radius 3 is 2.75 bits per heavy atom. The molecule has 1 heteroatoms. The summed E-state index contributed by atoms with van der Waals surface area (Å²) in [6.07, 6.45) is 8.96. The molecular weight excluding hydrogens is 196 g/mol. The summed E-state index contributed by atoms with van der Waals surface area (Å²) in [4.78, 5) is 0. The lowest BCUT2D eigenvalue weighted by Crippen LogP contribution is -2.51. The molecular formula is C15H24O. The standard InChI is InChI=1S/C15H24O/c1-11-6-5-8-14(4)9-7-12-10-15(11,14)16-13(12,2)3/h6,12H,5,7-10H2,1-4H3/t12-,14+,15+/m1/s1. The van der Waals surface area contributed by atoms with E-state index in [1.165, 1.54) is 37.7 Å². The fraction of sp³-hybridized carbons (Fsp3) is 0.867. The fourth-order valence-electron chi connectivity index (χ4n) is 4.50. The lowest BCUT2D eigenvalue weighted by atomic mass is 9.56. The molecule has 0 radical (unpaired) electrons. The second-order valence-electron chi connectivity index (χ2n) is 6.96. The van der Waals surface area contributed by atoms with E-state index in [9.17, 15) is 0 Å². The topological polar surface area (TPSA) is 9.23 Å². The van der Waals surface area contributed by atoms with Crippen molar-refractivity contribution >= 4 is 0 Å². The van der Waals surface area contributed by atoms with Gasteiger partial charge in [-0.3, -0.25) is 0 Å². The Kier molecular flexibility index (Phi) is 1.98. The Balaban J connectivity index is 2.11. The van der Waals surface area contributed by atoms with Gasteiger partial charge in [-0.05, 0) is 64.4 Å². The largest absolute Gasteiger partial charge is 0.364 e. The maximum Gasteiger partial charge on any atom is 0.0953 e. The first-order valence-corrected chi connectivity index (χ1v) is 6.77. The molecule has 0 aromatic rings. The Hall–Kier alpha value is -0.300. The van der Waals surface area contributed by atoms with Crippen molar-refractivity contribution in [2.45, 2.75) is 71.0 Å². The first kappa shape index (κ1) is 10.8. The van der Waals surface area contributed by atoms with Gasteiger partial charge in [-0.2, -0.15) is 0 Å². The summed E-state index contributed by atoms with van der Waals surface area (Å²) in [5.74, 6) is 0.766. The van der Waals surface area contributed by atoms with Crippen LogP contribution in [0.5, 0.6) is 0 Å². The van der Waals surface area contributed by atoms with Crippen molar-refractivity contribution in [1.29, 1.82) is 0 Å². The highest BCUT2D eigenvalue weighted by molar-refractivity contribution is 5.29. The molecule has 3 atom stereocenters. The molecule has 90 valence electrons. The smallest absolute Gasteiger partial charge is 0.0953 e. The third-order valence-corrected chi connectivity index (χ3v) is 5.76. The van der Waals surface area contributed by atoms with Crippen molar-refractivity contribution in [3.05, 3.63) is 11.6 Å². The third-order valence-electron chi connectivity index (χ3n) is 5.76. The van der Waals surface area contributed by atoms with Crippen LogP contribution in [0.1, 0.15) is 59.8 Å². The molecule has 1 aliphatic heterocycles. The number of ether oxygens (including phenoxy) is 1. The van der Waals surface area contributed by atoms with Gasteiger partial charge in [-0.1, -0.05) is 13.0 Å². The minimum Gasteiger partial charge on any atom is -0.364 e. The second-order valence-corrected chi connectivity index (χ2v) is 6.96. The van der Waals surface area contributed by atoms with Crippen LogP contribution in [-0.2, 0) is 4.74 Å². The van der Waals surface area contributed by atoms with Gasteiger partial charge in [-0.15, -0.1) is 0 Å². The van der Waals surface area contributed by atoms with Crippen LogP contribution in [0.25, 0.3) is 0 Å². The molecule has 1 heterocycles. The van der Waals surface area contributed by atoms with E-state index in [4.69, 9.17) is 4.74 Å². The van der Waals surface area contributed by atoms with E-state index in [1.54, 1.807) is 0 Å². The minimum atomic E-state index is 0.0810. The van der Waals surface area contributed by atoms with E-state index in [0.717, 1.165) is 5.92 Å². The zero-order valence-corrected chi connectivity index (χ0v) is 11.1. The number of rotatable bonds is 0. The van der Waals surface area contributed by atoms with Gasteiger partial charge >= 0.3 is 0 Å². The molecule has 2 aliphatic carbocycles.